The van der Waals surface area contributed by atoms with Gasteiger partial charge in [-0.3, -0.25) is 14.4 Å². The minimum Gasteiger partial charge on any atom is -0.479 e. The van der Waals surface area contributed by atoms with E-state index in [0.29, 0.717) is 19.3 Å². The van der Waals surface area contributed by atoms with Crippen molar-refractivity contribution in [1.29, 1.82) is 0 Å². The third-order valence-corrected chi connectivity index (χ3v) is 15.3. The molecule has 0 aliphatic carbocycles. The topological polar surface area (TPSA) is 175 Å². The molecule has 1 aliphatic heterocycles. The maximum absolute atomic E-state index is 13.2. The molecule has 1 saturated heterocycles. The zero-order valence-corrected chi connectivity index (χ0v) is 55.0. The largest absolute Gasteiger partial charge is 0.479 e. The quantitative estimate of drug-likeness (QED) is 0.0228. The third-order valence-electron chi connectivity index (χ3n) is 15.3. The highest BCUT2D eigenvalue weighted by molar-refractivity contribution is 5.74. The van der Waals surface area contributed by atoms with Crippen molar-refractivity contribution in [2.24, 2.45) is 0 Å². The van der Waals surface area contributed by atoms with E-state index in [9.17, 15) is 34.5 Å². The Balaban J connectivity index is 2.69. The van der Waals surface area contributed by atoms with E-state index in [1.807, 2.05) is 12.2 Å². The van der Waals surface area contributed by atoms with Crippen LogP contribution < -0.4 is 0 Å². The van der Waals surface area contributed by atoms with Gasteiger partial charge in [0, 0.05) is 19.3 Å². The predicted octanol–water partition coefficient (Wildman–Crippen LogP) is 19.4. The maximum atomic E-state index is 13.2. The summed E-state index contributed by atoms with van der Waals surface area (Å²) in [5, 5.41) is 31.7. The Kier molecular flexibility index (Phi) is 56.9. The van der Waals surface area contributed by atoms with Gasteiger partial charge in [0.05, 0.1) is 6.61 Å². The zero-order chi connectivity index (χ0) is 63.1. The Labute approximate surface area is 529 Å². The molecule has 12 heteroatoms. The van der Waals surface area contributed by atoms with E-state index >= 15 is 0 Å². The van der Waals surface area contributed by atoms with Gasteiger partial charge < -0.3 is 39.0 Å². The molecule has 87 heavy (non-hydrogen) atoms. The number of ether oxygens (including phenoxy) is 5. The SMILES string of the molecule is CC/C=C\C/C=C\C/C=C\C/C=C\C/C=C\C/C=C\CCC(=O)OCC(COC1OC(C(=O)O)C(O)C(O)C1OC(=O)CCCCCCCCCCC/C=C\CCCCCCCC)OC(=O)CCCCCCCCCCC/C=C\C/C=C\CCCCC. The number of aliphatic hydroxyl groups excluding tert-OH is 2. The summed E-state index contributed by atoms with van der Waals surface area (Å²) in [6, 6.07) is 0. The zero-order valence-electron chi connectivity index (χ0n) is 55.0. The normalized spacial score (nSPS) is 18.0. The van der Waals surface area contributed by atoms with Gasteiger partial charge in [0.2, 0.25) is 0 Å². The molecular formula is C75H124O12. The molecule has 3 N–H and O–H groups in total. The fraction of sp³-hybridized carbons (Fsp3) is 0.707. The summed E-state index contributed by atoms with van der Waals surface area (Å²) in [6.45, 7) is 5.82. The number of rotatable bonds is 59. The van der Waals surface area contributed by atoms with Gasteiger partial charge in [0.15, 0.2) is 24.6 Å². The molecule has 0 aromatic heterocycles. The van der Waals surface area contributed by atoms with Crippen LogP contribution in [-0.2, 0) is 42.9 Å². The van der Waals surface area contributed by atoms with Crippen molar-refractivity contribution in [3.8, 4) is 0 Å². The molecule has 1 heterocycles. The van der Waals surface area contributed by atoms with Crippen molar-refractivity contribution in [1.82, 2.24) is 0 Å². The summed E-state index contributed by atoms with van der Waals surface area (Å²) in [5.74, 6) is -3.23. The summed E-state index contributed by atoms with van der Waals surface area (Å²) >= 11 is 0. The average Bonchev–Trinajstić information content (AvgIpc) is 2.56. The van der Waals surface area contributed by atoms with Gasteiger partial charge in [-0.1, -0.05) is 265 Å². The fourth-order valence-electron chi connectivity index (χ4n) is 10.0. The van der Waals surface area contributed by atoms with Gasteiger partial charge in [0.1, 0.15) is 18.8 Å². The number of carbonyl (C=O) groups excluding carboxylic acids is 3. The highest BCUT2D eigenvalue weighted by atomic mass is 16.7. The molecule has 6 atom stereocenters. The average molecular weight is 1220 g/mol. The smallest absolute Gasteiger partial charge is 0.335 e. The Hall–Kier alpha value is -4.62. The van der Waals surface area contributed by atoms with Crippen molar-refractivity contribution in [3.05, 3.63) is 109 Å². The van der Waals surface area contributed by atoms with Crippen LogP contribution in [0.4, 0.5) is 0 Å². The maximum Gasteiger partial charge on any atom is 0.335 e. The lowest BCUT2D eigenvalue weighted by molar-refractivity contribution is -0.301. The fourth-order valence-corrected chi connectivity index (χ4v) is 10.0. The van der Waals surface area contributed by atoms with E-state index in [2.05, 4.69) is 118 Å². The predicted molar refractivity (Wildman–Crippen MR) is 358 cm³/mol. The van der Waals surface area contributed by atoms with Crippen molar-refractivity contribution < 1.29 is 58.2 Å². The molecule has 1 aliphatic rings. The Bertz CT molecular complexity index is 1930. The second-order valence-electron chi connectivity index (χ2n) is 23.4. The van der Waals surface area contributed by atoms with Crippen LogP contribution in [-0.4, -0.2) is 89.2 Å². The van der Waals surface area contributed by atoms with Gasteiger partial charge in [0.25, 0.3) is 0 Å². The highest BCUT2D eigenvalue weighted by Crippen LogP contribution is 2.27. The number of hydrogen-bond acceptors (Lipinski definition) is 11. The molecule has 12 nitrogen and oxygen atoms in total. The molecule has 1 rings (SSSR count). The Morgan fingerprint density at radius 2 is 0.747 bits per heavy atom. The van der Waals surface area contributed by atoms with Crippen LogP contribution in [0.25, 0.3) is 0 Å². The summed E-state index contributed by atoms with van der Waals surface area (Å²) in [5.41, 5.74) is 0. The van der Waals surface area contributed by atoms with Crippen LogP contribution in [0.1, 0.15) is 290 Å². The molecule has 0 aromatic rings. The number of carboxylic acids is 1. The number of esters is 3. The molecule has 6 unspecified atom stereocenters. The monoisotopic (exact) mass is 1220 g/mol. The van der Waals surface area contributed by atoms with E-state index in [4.69, 9.17) is 23.7 Å². The highest BCUT2D eigenvalue weighted by Gasteiger charge is 2.50. The summed E-state index contributed by atoms with van der Waals surface area (Å²) in [6.07, 6.45) is 71.9. The molecule has 0 bridgehead atoms. The van der Waals surface area contributed by atoms with Gasteiger partial charge in [-0.25, -0.2) is 4.79 Å². The number of hydrogen-bond donors (Lipinski definition) is 3. The number of aliphatic hydroxyl groups is 2. The second kappa shape index (κ2) is 61.6. The number of unbranched alkanes of at least 4 members (excludes halogenated alkanes) is 27. The van der Waals surface area contributed by atoms with Crippen LogP contribution in [0.5, 0.6) is 0 Å². The first-order valence-corrected chi connectivity index (χ1v) is 34.9. The van der Waals surface area contributed by atoms with Crippen molar-refractivity contribution in [3.63, 3.8) is 0 Å². The number of carbonyl (C=O) groups is 4. The lowest BCUT2D eigenvalue weighted by Crippen LogP contribution is -2.61. The van der Waals surface area contributed by atoms with Gasteiger partial charge in [-0.05, 0) is 116 Å². The third kappa shape index (κ3) is 50.9. The van der Waals surface area contributed by atoms with Crippen molar-refractivity contribution >= 4 is 23.9 Å². The van der Waals surface area contributed by atoms with Crippen LogP contribution in [0.15, 0.2) is 109 Å². The molecule has 1 fully saturated rings. The number of carboxylic acid groups (broad SMARTS) is 1. The second-order valence-corrected chi connectivity index (χ2v) is 23.4. The van der Waals surface area contributed by atoms with Gasteiger partial charge in [-0.15, -0.1) is 0 Å². The first kappa shape index (κ1) is 80.4. The molecule has 0 saturated carbocycles. The molecule has 496 valence electrons. The molecular weight excluding hydrogens is 1090 g/mol. The first-order valence-electron chi connectivity index (χ1n) is 34.9. The Morgan fingerprint density at radius 3 is 1.18 bits per heavy atom. The summed E-state index contributed by atoms with van der Waals surface area (Å²) in [4.78, 5) is 51.5. The van der Waals surface area contributed by atoms with Crippen LogP contribution in [0.2, 0.25) is 0 Å². The number of allylic oxidation sites excluding steroid dienone is 18. The van der Waals surface area contributed by atoms with Crippen molar-refractivity contribution in [2.45, 2.75) is 327 Å². The standard InChI is InChI=1S/C75H124O12/c1-4-7-10-13-16-19-22-25-28-31-34-37-40-43-46-49-52-55-58-61-67(76)83-64-66(85-68(77)62-59-56-53-50-47-44-41-38-35-32-29-26-23-20-17-14-11-8-5-2)65-84-75-73(71(80)70(79)72(87-75)74(81)82)86-69(78)63-60-57-54-51-48-45-42-39-36-33-30-27-24-21-18-15-12-9-6-3/h7,10,16-17,19-20,25-30,34,37,43,46,52,55,66,70-73,75,79-80H,4-6,8-9,11-15,18,21-24,31-33,35-36,38-42,44-45,47-51,53-54,56-65H2,1-3H3,(H,81,82)/b10-7-,19-16-,20-17-,28-25-,29-26-,30-27-,37-34-,46-43-,55-52-. The van der Waals surface area contributed by atoms with Gasteiger partial charge in [-0.2, -0.15) is 0 Å². The van der Waals surface area contributed by atoms with E-state index in [1.165, 1.54) is 122 Å². The minimum absolute atomic E-state index is 0.0471. The summed E-state index contributed by atoms with van der Waals surface area (Å²) in [7, 11) is 0. The van der Waals surface area contributed by atoms with Crippen LogP contribution in [0.3, 0.4) is 0 Å². The van der Waals surface area contributed by atoms with Crippen molar-refractivity contribution in [2.75, 3.05) is 13.2 Å². The van der Waals surface area contributed by atoms with Crippen LogP contribution in [0, 0.1) is 0 Å². The number of aliphatic carboxylic acids is 1. The summed E-state index contributed by atoms with van der Waals surface area (Å²) < 4.78 is 28.5. The van der Waals surface area contributed by atoms with Crippen LogP contribution >= 0.6 is 0 Å². The molecule has 0 spiro atoms. The van der Waals surface area contributed by atoms with E-state index in [-0.39, 0.29) is 25.9 Å². The Morgan fingerprint density at radius 1 is 0.391 bits per heavy atom. The van der Waals surface area contributed by atoms with E-state index in [0.717, 1.165) is 109 Å². The van der Waals surface area contributed by atoms with E-state index < -0.39 is 67.3 Å². The lowest BCUT2D eigenvalue weighted by Gasteiger charge is -2.40. The minimum atomic E-state index is -1.92. The molecule has 0 radical (unpaired) electrons. The van der Waals surface area contributed by atoms with Gasteiger partial charge >= 0.3 is 23.9 Å². The molecule has 0 aromatic carbocycles. The lowest BCUT2D eigenvalue weighted by atomic mass is 9.98. The van der Waals surface area contributed by atoms with E-state index in [1.54, 1.807) is 0 Å². The molecule has 0 amide bonds. The first-order chi connectivity index (χ1) is 42.6.